The summed E-state index contributed by atoms with van der Waals surface area (Å²) in [5.41, 5.74) is -0.938. The number of nitriles is 1. The molecule has 0 aliphatic carbocycles. The van der Waals surface area contributed by atoms with Crippen molar-refractivity contribution < 1.29 is 18.3 Å². The Labute approximate surface area is 90.5 Å². The summed E-state index contributed by atoms with van der Waals surface area (Å²) in [6, 6.07) is 3.47. The van der Waals surface area contributed by atoms with Crippen molar-refractivity contribution in [2.24, 2.45) is 0 Å². The van der Waals surface area contributed by atoms with Crippen LogP contribution in [0.5, 0.6) is 0 Å². The first-order chi connectivity index (χ1) is 7.58. The Morgan fingerprint density at radius 3 is 2.81 bits per heavy atom. The maximum Gasteiger partial charge on any atom is 0.356 e. The van der Waals surface area contributed by atoms with Gasteiger partial charge in [0.25, 0.3) is 6.43 Å². The highest BCUT2D eigenvalue weighted by Crippen LogP contribution is 2.20. The molecule has 0 radical (unpaired) electrons. The van der Waals surface area contributed by atoms with Gasteiger partial charge in [-0.3, -0.25) is 0 Å². The van der Waals surface area contributed by atoms with E-state index in [0.29, 0.717) is 0 Å². The maximum absolute atomic E-state index is 12.4. The average Bonchev–Trinajstić information content (AvgIpc) is 2.28. The van der Waals surface area contributed by atoms with Crippen molar-refractivity contribution in [1.82, 2.24) is 4.98 Å². The van der Waals surface area contributed by atoms with Crippen molar-refractivity contribution in [1.29, 1.82) is 5.26 Å². The summed E-state index contributed by atoms with van der Waals surface area (Å²) in [5, 5.41) is 8.57. The molecule has 1 heterocycles. The number of carbonyl (C=O) groups excluding carboxylic acids is 1. The predicted octanol–water partition coefficient (Wildman–Crippen LogP) is 2.07. The van der Waals surface area contributed by atoms with Crippen molar-refractivity contribution in [2.75, 3.05) is 6.61 Å². The standard InChI is InChI=1S/C10H8F2N2O2/c1-2-16-10(15)8-4-6(9(11)12)3-7(5-13)14-8/h3-4,9H,2H2,1H3. The second-order valence-corrected chi connectivity index (χ2v) is 2.80. The van der Waals surface area contributed by atoms with E-state index in [1.165, 1.54) is 0 Å². The van der Waals surface area contributed by atoms with Crippen molar-refractivity contribution in [2.45, 2.75) is 13.3 Å². The van der Waals surface area contributed by atoms with Crippen LogP contribution in [0.25, 0.3) is 0 Å². The van der Waals surface area contributed by atoms with E-state index < -0.39 is 18.0 Å². The summed E-state index contributed by atoms with van der Waals surface area (Å²) < 4.78 is 29.5. The number of alkyl halides is 2. The van der Waals surface area contributed by atoms with E-state index in [9.17, 15) is 13.6 Å². The molecule has 0 saturated carbocycles. The molecular weight excluding hydrogens is 218 g/mol. The summed E-state index contributed by atoms with van der Waals surface area (Å²) in [6.45, 7) is 1.70. The Morgan fingerprint density at radius 1 is 1.62 bits per heavy atom. The molecule has 0 N–H and O–H groups in total. The fourth-order valence-electron chi connectivity index (χ4n) is 1.04. The summed E-state index contributed by atoms with van der Waals surface area (Å²) in [5.74, 6) is -0.818. The average molecular weight is 226 g/mol. The molecular formula is C10H8F2N2O2. The molecule has 84 valence electrons. The Bertz CT molecular complexity index is 441. The monoisotopic (exact) mass is 226 g/mol. The topological polar surface area (TPSA) is 63.0 Å². The summed E-state index contributed by atoms with van der Waals surface area (Å²) in [7, 11) is 0. The summed E-state index contributed by atoms with van der Waals surface area (Å²) >= 11 is 0. The molecule has 0 fully saturated rings. The number of carbonyl (C=O) groups is 1. The van der Waals surface area contributed by atoms with Crippen molar-refractivity contribution >= 4 is 5.97 Å². The molecule has 0 unspecified atom stereocenters. The van der Waals surface area contributed by atoms with Gasteiger partial charge in [-0.15, -0.1) is 0 Å². The Balaban J connectivity index is 3.15. The number of halogens is 2. The smallest absolute Gasteiger partial charge is 0.356 e. The molecule has 16 heavy (non-hydrogen) atoms. The van der Waals surface area contributed by atoms with Gasteiger partial charge >= 0.3 is 5.97 Å². The third-order valence-corrected chi connectivity index (χ3v) is 1.70. The minimum absolute atomic E-state index is 0.112. The molecule has 4 nitrogen and oxygen atoms in total. The van der Waals surface area contributed by atoms with Gasteiger partial charge in [-0.05, 0) is 19.1 Å². The zero-order chi connectivity index (χ0) is 12.1. The number of pyridine rings is 1. The highest BCUT2D eigenvalue weighted by molar-refractivity contribution is 5.87. The van der Waals surface area contributed by atoms with Gasteiger partial charge in [-0.2, -0.15) is 5.26 Å². The van der Waals surface area contributed by atoms with Crippen molar-refractivity contribution in [3.05, 3.63) is 29.1 Å². The van der Waals surface area contributed by atoms with Gasteiger partial charge in [0.2, 0.25) is 0 Å². The number of esters is 1. The third kappa shape index (κ3) is 2.73. The van der Waals surface area contributed by atoms with Crippen LogP contribution in [0, 0.1) is 11.3 Å². The fourth-order valence-corrected chi connectivity index (χ4v) is 1.04. The van der Waals surface area contributed by atoms with Gasteiger partial charge < -0.3 is 4.74 Å². The largest absolute Gasteiger partial charge is 0.461 e. The molecule has 1 aromatic rings. The number of rotatable bonds is 3. The number of aromatic nitrogens is 1. The Kier molecular flexibility index (Phi) is 3.89. The molecule has 0 spiro atoms. The molecule has 0 aliphatic rings. The first kappa shape index (κ1) is 12.0. The van der Waals surface area contributed by atoms with Crippen LogP contribution < -0.4 is 0 Å². The number of nitrogens with zero attached hydrogens (tertiary/aromatic N) is 2. The maximum atomic E-state index is 12.4. The number of hydrogen-bond donors (Lipinski definition) is 0. The van der Waals surface area contributed by atoms with E-state index in [1.807, 2.05) is 0 Å². The first-order valence-corrected chi connectivity index (χ1v) is 4.45. The molecule has 0 atom stereocenters. The van der Waals surface area contributed by atoms with Gasteiger partial charge in [0.1, 0.15) is 17.5 Å². The molecule has 0 bridgehead atoms. The van der Waals surface area contributed by atoms with Gasteiger partial charge in [0, 0.05) is 5.56 Å². The SMILES string of the molecule is CCOC(=O)c1cc(C(F)F)cc(C#N)n1. The van der Waals surface area contributed by atoms with Crippen LogP contribution >= 0.6 is 0 Å². The van der Waals surface area contributed by atoms with E-state index in [4.69, 9.17) is 5.26 Å². The van der Waals surface area contributed by atoms with E-state index in [2.05, 4.69) is 9.72 Å². The van der Waals surface area contributed by atoms with Gasteiger partial charge in [0.15, 0.2) is 0 Å². The van der Waals surface area contributed by atoms with Crippen LogP contribution in [0.2, 0.25) is 0 Å². The fraction of sp³-hybridized carbons (Fsp3) is 0.300. The molecule has 0 saturated heterocycles. The molecule has 0 aliphatic heterocycles. The lowest BCUT2D eigenvalue weighted by atomic mass is 10.2. The van der Waals surface area contributed by atoms with Crippen LogP contribution in [0.15, 0.2) is 12.1 Å². The summed E-state index contributed by atoms with van der Waals surface area (Å²) in [4.78, 5) is 14.8. The molecule has 0 amide bonds. The normalized spacial score (nSPS) is 9.94. The summed E-state index contributed by atoms with van der Waals surface area (Å²) in [6.07, 6.45) is -2.76. The predicted molar refractivity (Wildman–Crippen MR) is 49.9 cm³/mol. The quantitative estimate of drug-likeness (QED) is 0.740. The minimum atomic E-state index is -2.76. The van der Waals surface area contributed by atoms with Crippen LogP contribution in [0.1, 0.15) is 35.1 Å². The van der Waals surface area contributed by atoms with Gasteiger partial charge in [-0.1, -0.05) is 0 Å². The Hall–Kier alpha value is -2.03. The van der Waals surface area contributed by atoms with E-state index >= 15 is 0 Å². The van der Waals surface area contributed by atoms with Crippen LogP contribution in [0.3, 0.4) is 0 Å². The highest BCUT2D eigenvalue weighted by atomic mass is 19.3. The van der Waals surface area contributed by atoms with Crippen molar-refractivity contribution in [3.63, 3.8) is 0 Å². The van der Waals surface area contributed by atoms with Crippen molar-refractivity contribution in [3.8, 4) is 6.07 Å². The zero-order valence-electron chi connectivity index (χ0n) is 8.41. The molecule has 0 aromatic carbocycles. The number of hydrogen-bond acceptors (Lipinski definition) is 4. The minimum Gasteiger partial charge on any atom is -0.461 e. The second-order valence-electron chi connectivity index (χ2n) is 2.80. The molecule has 1 aromatic heterocycles. The Morgan fingerprint density at radius 2 is 2.31 bits per heavy atom. The van der Waals surface area contributed by atoms with Gasteiger partial charge in [-0.25, -0.2) is 18.6 Å². The highest BCUT2D eigenvalue weighted by Gasteiger charge is 2.15. The second kappa shape index (κ2) is 5.16. The first-order valence-electron chi connectivity index (χ1n) is 4.45. The molecule has 1 rings (SSSR count). The number of ether oxygens (including phenoxy) is 1. The zero-order valence-corrected chi connectivity index (χ0v) is 8.41. The van der Waals surface area contributed by atoms with E-state index in [0.717, 1.165) is 12.1 Å². The van der Waals surface area contributed by atoms with Crippen LogP contribution in [0.4, 0.5) is 8.78 Å². The third-order valence-electron chi connectivity index (χ3n) is 1.70. The van der Waals surface area contributed by atoms with E-state index in [-0.39, 0.29) is 18.0 Å². The van der Waals surface area contributed by atoms with E-state index in [1.54, 1.807) is 13.0 Å². The lowest BCUT2D eigenvalue weighted by molar-refractivity contribution is 0.0519. The lowest BCUT2D eigenvalue weighted by Crippen LogP contribution is -2.09. The molecule has 6 heteroatoms. The van der Waals surface area contributed by atoms with Crippen LogP contribution in [-0.2, 0) is 4.74 Å². The van der Waals surface area contributed by atoms with Crippen LogP contribution in [-0.4, -0.2) is 17.6 Å². The van der Waals surface area contributed by atoms with Gasteiger partial charge in [0.05, 0.1) is 6.61 Å². The lowest BCUT2D eigenvalue weighted by Gasteiger charge is -2.04.